The van der Waals surface area contributed by atoms with E-state index in [2.05, 4.69) is 22.5 Å². The van der Waals surface area contributed by atoms with Crippen molar-refractivity contribution in [1.82, 2.24) is 10.6 Å². The number of benzene rings is 1. The number of nitrogens with one attached hydrogen (secondary N) is 2. The Morgan fingerprint density at radius 3 is 2.70 bits per heavy atom. The Morgan fingerprint density at radius 2 is 2.10 bits per heavy atom. The summed E-state index contributed by atoms with van der Waals surface area (Å²) in [5.74, 6) is 1.84. The van der Waals surface area contributed by atoms with Crippen molar-refractivity contribution in [3.63, 3.8) is 0 Å². The molecule has 2 rings (SSSR count). The predicted molar refractivity (Wildman–Crippen MR) is 84.7 cm³/mol. The van der Waals surface area contributed by atoms with Crippen LogP contribution in [0.25, 0.3) is 0 Å². The molecular formula is C15H22FN3S. The zero-order chi connectivity index (χ0) is 14.4. The van der Waals surface area contributed by atoms with Gasteiger partial charge in [-0.1, -0.05) is 12.1 Å². The highest BCUT2D eigenvalue weighted by Crippen LogP contribution is 2.36. The number of guanidine groups is 1. The van der Waals surface area contributed by atoms with Gasteiger partial charge in [0, 0.05) is 24.9 Å². The average molecular weight is 295 g/mol. The predicted octanol–water partition coefficient (Wildman–Crippen LogP) is 2.78. The number of hydrogen-bond donors (Lipinski definition) is 2. The van der Waals surface area contributed by atoms with Gasteiger partial charge in [0.05, 0.1) is 0 Å². The molecule has 1 aliphatic rings. The lowest BCUT2D eigenvalue weighted by molar-refractivity contribution is 0.584. The van der Waals surface area contributed by atoms with E-state index >= 15 is 0 Å². The number of nitrogens with zero attached hydrogens (tertiary/aromatic N) is 1. The van der Waals surface area contributed by atoms with E-state index in [-0.39, 0.29) is 5.82 Å². The quantitative estimate of drug-likeness (QED) is 0.662. The van der Waals surface area contributed by atoms with Crippen LogP contribution in [0.3, 0.4) is 0 Å². The molecule has 2 N–H and O–H groups in total. The van der Waals surface area contributed by atoms with Crippen molar-refractivity contribution in [2.75, 3.05) is 19.3 Å². The Kier molecular flexibility index (Phi) is 5.29. The lowest BCUT2D eigenvalue weighted by atomic mass is 10.1. The van der Waals surface area contributed by atoms with Crippen LogP contribution < -0.4 is 10.6 Å². The van der Waals surface area contributed by atoms with Crippen molar-refractivity contribution in [3.05, 3.63) is 35.6 Å². The van der Waals surface area contributed by atoms with E-state index in [0.29, 0.717) is 11.3 Å². The van der Waals surface area contributed by atoms with Crippen molar-refractivity contribution in [2.45, 2.75) is 31.1 Å². The fourth-order valence-electron chi connectivity index (χ4n) is 2.26. The third kappa shape index (κ3) is 4.40. The molecule has 0 radical (unpaired) electrons. The van der Waals surface area contributed by atoms with Gasteiger partial charge < -0.3 is 10.6 Å². The summed E-state index contributed by atoms with van der Waals surface area (Å²) >= 11 is 2.03. The molecule has 110 valence electrons. The summed E-state index contributed by atoms with van der Waals surface area (Å²) < 4.78 is 13.1. The first kappa shape index (κ1) is 15.2. The molecule has 1 atom stereocenters. The van der Waals surface area contributed by atoms with Crippen LogP contribution in [0.15, 0.2) is 29.3 Å². The molecule has 0 saturated carbocycles. The van der Waals surface area contributed by atoms with E-state index in [9.17, 15) is 4.39 Å². The maximum atomic E-state index is 12.8. The van der Waals surface area contributed by atoms with Gasteiger partial charge in [-0.05, 0) is 43.2 Å². The van der Waals surface area contributed by atoms with E-state index in [1.54, 1.807) is 19.2 Å². The van der Waals surface area contributed by atoms with Gasteiger partial charge in [0.15, 0.2) is 5.96 Å². The molecule has 1 saturated heterocycles. The number of hydrogen-bond acceptors (Lipinski definition) is 2. The first-order chi connectivity index (χ1) is 9.61. The van der Waals surface area contributed by atoms with Crippen molar-refractivity contribution >= 4 is 17.7 Å². The monoisotopic (exact) mass is 295 g/mol. The summed E-state index contributed by atoms with van der Waals surface area (Å²) in [5.41, 5.74) is 1.04. The summed E-state index contributed by atoms with van der Waals surface area (Å²) in [6.45, 7) is 3.86. The van der Waals surface area contributed by atoms with Crippen molar-refractivity contribution in [3.8, 4) is 0 Å². The third-order valence-electron chi connectivity index (χ3n) is 3.53. The lowest BCUT2D eigenvalue weighted by Crippen LogP contribution is -2.43. The molecule has 0 spiro atoms. The molecule has 1 heterocycles. The van der Waals surface area contributed by atoms with E-state index in [0.717, 1.165) is 18.1 Å². The molecule has 0 aliphatic carbocycles. The molecular weight excluding hydrogens is 273 g/mol. The Labute approximate surface area is 124 Å². The Hall–Kier alpha value is -1.23. The van der Waals surface area contributed by atoms with Crippen LogP contribution in [0.2, 0.25) is 0 Å². The standard InChI is InChI=1S/C15H22FN3S/c1-15(8-3-9-20-15)11-19-14(17-2)18-10-12-4-6-13(16)7-5-12/h4-7H,3,8-11H2,1-2H3,(H2,17,18,19). The Balaban J connectivity index is 1.79. The number of halogens is 1. The van der Waals surface area contributed by atoms with E-state index in [1.165, 1.54) is 30.7 Å². The summed E-state index contributed by atoms with van der Waals surface area (Å²) in [5, 5.41) is 6.63. The largest absolute Gasteiger partial charge is 0.355 e. The van der Waals surface area contributed by atoms with E-state index in [4.69, 9.17) is 0 Å². The van der Waals surface area contributed by atoms with Gasteiger partial charge in [-0.3, -0.25) is 4.99 Å². The Morgan fingerprint density at radius 1 is 1.35 bits per heavy atom. The van der Waals surface area contributed by atoms with Gasteiger partial charge in [-0.2, -0.15) is 11.8 Å². The van der Waals surface area contributed by atoms with Crippen LogP contribution in [0.1, 0.15) is 25.3 Å². The minimum absolute atomic E-state index is 0.206. The van der Waals surface area contributed by atoms with Crippen LogP contribution in [0.4, 0.5) is 4.39 Å². The van der Waals surface area contributed by atoms with Crippen LogP contribution in [-0.4, -0.2) is 30.1 Å². The van der Waals surface area contributed by atoms with E-state index < -0.39 is 0 Å². The first-order valence-electron chi connectivity index (χ1n) is 6.94. The molecule has 1 aromatic rings. The van der Waals surface area contributed by atoms with Crippen LogP contribution in [0.5, 0.6) is 0 Å². The van der Waals surface area contributed by atoms with Crippen molar-refractivity contribution in [2.24, 2.45) is 4.99 Å². The minimum atomic E-state index is -0.206. The van der Waals surface area contributed by atoms with Gasteiger partial charge in [0.25, 0.3) is 0 Å². The van der Waals surface area contributed by atoms with Gasteiger partial charge in [-0.25, -0.2) is 4.39 Å². The van der Waals surface area contributed by atoms with Crippen LogP contribution >= 0.6 is 11.8 Å². The zero-order valence-electron chi connectivity index (χ0n) is 12.1. The van der Waals surface area contributed by atoms with E-state index in [1.807, 2.05) is 11.8 Å². The highest BCUT2D eigenvalue weighted by Gasteiger charge is 2.29. The molecule has 1 aliphatic heterocycles. The highest BCUT2D eigenvalue weighted by atomic mass is 32.2. The lowest BCUT2D eigenvalue weighted by Gasteiger charge is -2.24. The van der Waals surface area contributed by atoms with Gasteiger partial charge in [0.1, 0.15) is 5.82 Å². The molecule has 1 aromatic carbocycles. The number of thioether (sulfide) groups is 1. The second kappa shape index (κ2) is 6.97. The summed E-state index contributed by atoms with van der Waals surface area (Å²) in [7, 11) is 1.77. The Bertz CT molecular complexity index is 453. The van der Waals surface area contributed by atoms with Gasteiger partial charge in [-0.15, -0.1) is 0 Å². The summed E-state index contributed by atoms with van der Waals surface area (Å²) in [6.07, 6.45) is 2.55. The third-order valence-corrected chi connectivity index (χ3v) is 5.07. The number of aliphatic imine (C=N–C) groups is 1. The summed E-state index contributed by atoms with van der Waals surface area (Å²) in [6, 6.07) is 6.51. The minimum Gasteiger partial charge on any atom is -0.355 e. The normalized spacial score (nSPS) is 22.9. The maximum absolute atomic E-state index is 12.8. The van der Waals surface area contributed by atoms with Gasteiger partial charge >= 0.3 is 0 Å². The molecule has 0 aromatic heterocycles. The highest BCUT2D eigenvalue weighted by molar-refractivity contribution is 8.00. The smallest absolute Gasteiger partial charge is 0.191 e. The van der Waals surface area contributed by atoms with Crippen molar-refractivity contribution < 1.29 is 4.39 Å². The molecule has 1 fully saturated rings. The molecule has 20 heavy (non-hydrogen) atoms. The van der Waals surface area contributed by atoms with Gasteiger partial charge in [0.2, 0.25) is 0 Å². The molecule has 1 unspecified atom stereocenters. The molecule has 0 amide bonds. The van der Waals surface area contributed by atoms with Crippen molar-refractivity contribution in [1.29, 1.82) is 0 Å². The second-order valence-electron chi connectivity index (χ2n) is 5.31. The zero-order valence-corrected chi connectivity index (χ0v) is 12.9. The summed E-state index contributed by atoms with van der Waals surface area (Å²) in [4.78, 5) is 4.22. The second-order valence-corrected chi connectivity index (χ2v) is 6.99. The molecule has 3 nitrogen and oxygen atoms in total. The maximum Gasteiger partial charge on any atom is 0.191 e. The SMILES string of the molecule is CN=C(NCc1ccc(F)cc1)NCC1(C)CCCS1. The van der Waals surface area contributed by atoms with Crippen LogP contribution in [-0.2, 0) is 6.54 Å². The fraction of sp³-hybridized carbons (Fsp3) is 0.533. The molecule has 5 heteroatoms. The number of rotatable bonds is 4. The topological polar surface area (TPSA) is 36.4 Å². The average Bonchev–Trinajstić information content (AvgIpc) is 2.88. The fourth-order valence-corrected chi connectivity index (χ4v) is 3.50. The molecule has 0 bridgehead atoms. The van der Waals surface area contributed by atoms with Crippen LogP contribution in [0, 0.1) is 5.82 Å². The first-order valence-corrected chi connectivity index (χ1v) is 7.93.